The van der Waals surface area contributed by atoms with Gasteiger partial charge in [-0.25, -0.2) is 4.79 Å². The van der Waals surface area contributed by atoms with E-state index in [2.05, 4.69) is 13.0 Å². The molecule has 0 aromatic carbocycles. The van der Waals surface area contributed by atoms with Crippen molar-refractivity contribution in [3.63, 3.8) is 0 Å². The van der Waals surface area contributed by atoms with Crippen LogP contribution in [0.5, 0.6) is 0 Å². The maximum atomic E-state index is 10.2. The van der Waals surface area contributed by atoms with Gasteiger partial charge in [0.2, 0.25) is 0 Å². The molecule has 0 aliphatic rings. The molecule has 0 saturated heterocycles. The summed E-state index contributed by atoms with van der Waals surface area (Å²) in [5.74, 6) is -0.765. The van der Waals surface area contributed by atoms with Crippen LogP contribution in [0.3, 0.4) is 0 Å². The molecular weight excluding hydrogens is 312 g/mol. The number of unbranched alkanes of at least 4 members (excludes halogenated alkanes) is 7. The zero-order chi connectivity index (χ0) is 18.6. The molecule has 0 amide bonds. The minimum atomic E-state index is -0.969. The topological polar surface area (TPSA) is 57.5 Å². The third kappa shape index (κ3) is 19.7. The van der Waals surface area contributed by atoms with Crippen LogP contribution in [0.2, 0.25) is 0 Å². The third-order valence-electron chi connectivity index (χ3n) is 3.44. The van der Waals surface area contributed by atoms with Crippen molar-refractivity contribution in [3.05, 3.63) is 72.6 Å². The summed E-state index contributed by atoms with van der Waals surface area (Å²) in [5.41, 5.74) is 0. The zero-order valence-electron chi connectivity index (χ0n) is 15.3. The maximum absolute atomic E-state index is 10.2. The predicted octanol–water partition coefficient (Wildman–Crippen LogP) is 6.43. The van der Waals surface area contributed by atoms with Crippen molar-refractivity contribution < 1.29 is 15.0 Å². The number of aliphatic hydroxyl groups excluding tert-OH is 1. The van der Waals surface area contributed by atoms with E-state index in [0.717, 1.165) is 12.5 Å². The molecule has 0 aliphatic heterocycles. The fraction of sp³-hybridized carbons (Fsp3) is 0.409. The second kappa shape index (κ2) is 18.1. The second-order valence-electron chi connectivity index (χ2n) is 5.76. The molecule has 0 bridgehead atoms. The largest absolute Gasteiger partial charge is 0.508 e. The molecule has 0 atom stereocenters. The zero-order valence-corrected chi connectivity index (χ0v) is 15.3. The van der Waals surface area contributed by atoms with Crippen molar-refractivity contribution in [3.8, 4) is 0 Å². The highest BCUT2D eigenvalue weighted by Gasteiger charge is 1.89. The molecule has 0 aromatic rings. The van der Waals surface area contributed by atoms with E-state index in [0.29, 0.717) is 0 Å². The van der Waals surface area contributed by atoms with E-state index in [1.807, 2.05) is 6.08 Å². The van der Waals surface area contributed by atoms with E-state index < -0.39 is 5.97 Å². The van der Waals surface area contributed by atoms with Gasteiger partial charge in [0.05, 0.1) is 0 Å². The number of carboxylic acids is 1. The summed E-state index contributed by atoms with van der Waals surface area (Å²) >= 11 is 0. The smallest absolute Gasteiger partial charge is 0.328 e. The number of carbonyl (C=O) groups is 1. The van der Waals surface area contributed by atoms with Crippen LogP contribution in [0.15, 0.2) is 72.6 Å². The predicted molar refractivity (Wildman–Crippen MR) is 107 cm³/mol. The number of hydrogen-bond donors (Lipinski definition) is 2. The van der Waals surface area contributed by atoms with Crippen LogP contribution >= 0.6 is 0 Å². The molecule has 3 heteroatoms. The first-order valence-electron chi connectivity index (χ1n) is 9.13. The van der Waals surface area contributed by atoms with Crippen LogP contribution in [0, 0.1) is 0 Å². The number of aliphatic carboxylic acids is 1. The monoisotopic (exact) mass is 344 g/mol. The molecule has 0 spiro atoms. The lowest BCUT2D eigenvalue weighted by molar-refractivity contribution is -0.131. The second-order valence-corrected chi connectivity index (χ2v) is 5.76. The highest BCUT2D eigenvalue weighted by molar-refractivity contribution is 5.80. The van der Waals surface area contributed by atoms with E-state index in [1.54, 1.807) is 42.5 Å². The van der Waals surface area contributed by atoms with Crippen molar-refractivity contribution in [2.75, 3.05) is 0 Å². The molecular formula is C22H32O3. The van der Waals surface area contributed by atoms with Gasteiger partial charge in [-0.05, 0) is 25.0 Å². The molecule has 25 heavy (non-hydrogen) atoms. The van der Waals surface area contributed by atoms with Crippen molar-refractivity contribution in [2.24, 2.45) is 0 Å². The molecule has 0 aliphatic carbocycles. The molecule has 2 N–H and O–H groups in total. The SMILES string of the molecule is CCCCCCCCCC=CC=C(O)C=CC=CC=CC=CC(=O)O. The van der Waals surface area contributed by atoms with E-state index in [9.17, 15) is 9.90 Å². The molecule has 0 unspecified atom stereocenters. The molecule has 0 rings (SSSR count). The minimum absolute atomic E-state index is 0.204. The van der Waals surface area contributed by atoms with Gasteiger partial charge in [-0.15, -0.1) is 0 Å². The van der Waals surface area contributed by atoms with Crippen molar-refractivity contribution in [1.29, 1.82) is 0 Å². The Morgan fingerprint density at radius 3 is 1.92 bits per heavy atom. The fourth-order valence-electron chi connectivity index (χ4n) is 2.09. The van der Waals surface area contributed by atoms with Gasteiger partial charge in [-0.2, -0.15) is 0 Å². The van der Waals surface area contributed by atoms with Gasteiger partial charge in [0.15, 0.2) is 0 Å². The van der Waals surface area contributed by atoms with Crippen LogP contribution in [0.1, 0.15) is 58.3 Å². The lowest BCUT2D eigenvalue weighted by Gasteiger charge is -1.98. The van der Waals surface area contributed by atoms with Gasteiger partial charge in [-0.1, -0.05) is 94.1 Å². The highest BCUT2D eigenvalue weighted by atomic mass is 16.4. The molecule has 3 nitrogen and oxygen atoms in total. The van der Waals surface area contributed by atoms with Gasteiger partial charge < -0.3 is 10.2 Å². The molecule has 0 saturated carbocycles. The van der Waals surface area contributed by atoms with Crippen molar-refractivity contribution in [1.82, 2.24) is 0 Å². The quantitative estimate of drug-likeness (QED) is 0.165. The molecule has 138 valence electrons. The number of aliphatic hydroxyl groups is 1. The first kappa shape index (κ1) is 22.7. The van der Waals surface area contributed by atoms with Gasteiger partial charge in [0.1, 0.15) is 5.76 Å². The lowest BCUT2D eigenvalue weighted by atomic mass is 10.1. The Balaban J connectivity index is 3.80. The lowest BCUT2D eigenvalue weighted by Crippen LogP contribution is -1.84. The van der Waals surface area contributed by atoms with E-state index >= 15 is 0 Å². The summed E-state index contributed by atoms with van der Waals surface area (Å²) in [5, 5.41) is 18.1. The van der Waals surface area contributed by atoms with E-state index in [-0.39, 0.29) is 5.76 Å². The summed E-state index contributed by atoms with van der Waals surface area (Å²) in [6.45, 7) is 2.24. The van der Waals surface area contributed by atoms with Crippen molar-refractivity contribution in [2.45, 2.75) is 58.3 Å². The van der Waals surface area contributed by atoms with Crippen LogP contribution in [-0.2, 0) is 4.79 Å². The summed E-state index contributed by atoms with van der Waals surface area (Å²) < 4.78 is 0. The van der Waals surface area contributed by atoms with Gasteiger partial charge in [-0.3, -0.25) is 0 Å². The van der Waals surface area contributed by atoms with Crippen LogP contribution in [0.25, 0.3) is 0 Å². The number of carboxylic acid groups (broad SMARTS) is 1. The minimum Gasteiger partial charge on any atom is -0.508 e. The third-order valence-corrected chi connectivity index (χ3v) is 3.44. The summed E-state index contributed by atoms with van der Waals surface area (Å²) in [4.78, 5) is 10.2. The number of hydrogen-bond acceptors (Lipinski definition) is 2. The Bertz CT molecular complexity index is 505. The Morgan fingerprint density at radius 2 is 1.28 bits per heavy atom. The van der Waals surface area contributed by atoms with Gasteiger partial charge in [0.25, 0.3) is 0 Å². The van der Waals surface area contributed by atoms with E-state index in [1.165, 1.54) is 51.0 Å². The van der Waals surface area contributed by atoms with Crippen molar-refractivity contribution >= 4 is 5.97 Å². The number of rotatable bonds is 14. The van der Waals surface area contributed by atoms with Crippen LogP contribution in [0.4, 0.5) is 0 Å². The first-order valence-corrected chi connectivity index (χ1v) is 9.13. The van der Waals surface area contributed by atoms with Crippen LogP contribution in [-0.4, -0.2) is 16.2 Å². The first-order chi connectivity index (χ1) is 12.2. The number of allylic oxidation sites excluding steroid dienone is 10. The fourth-order valence-corrected chi connectivity index (χ4v) is 2.09. The van der Waals surface area contributed by atoms with Gasteiger partial charge >= 0.3 is 5.97 Å². The average molecular weight is 344 g/mol. The van der Waals surface area contributed by atoms with Gasteiger partial charge in [0, 0.05) is 6.08 Å². The molecule has 0 aromatic heterocycles. The Morgan fingerprint density at radius 1 is 0.720 bits per heavy atom. The molecule has 0 heterocycles. The average Bonchev–Trinajstić information content (AvgIpc) is 2.58. The summed E-state index contributed by atoms with van der Waals surface area (Å²) in [7, 11) is 0. The maximum Gasteiger partial charge on any atom is 0.328 e. The molecule has 0 radical (unpaired) electrons. The summed E-state index contributed by atoms with van der Waals surface area (Å²) in [6.07, 6.45) is 28.6. The summed E-state index contributed by atoms with van der Waals surface area (Å²) in [6, 6.07) is 0. The van der Waals surface area contributed by atoms with E-state index in [4.69, 9.17) is 5.11 Å². The molecule has 0 fully saturated rings. The van der Waals surface area contributed by atoms with Crippen LogP contribution < -0.4 is 0 Å². The highest BCUT2D eigenvalue weighted by Crippen LogP contribution is 2.08. The Labute approximate surface area is 152 Å². The Hall–Kier alpha value is -2.29. The normalized spacial score (nSPS) is 13.4. The Kier molecular flexibility index (Phi) is 16.4. The standard InChI is InChI=1S/C22H32O3/c1-2-3-4-5-6-7-8-9-12-15-18-21(23)19-16-13-10-11-14-17-20-22(24)25/h10-20,23H,2-9H2,1H3,(H,24,25).